The zero-order valence-electron chi connectivity index (χ0n) is 16.9. The molecule has 1 aliphatic heterocycles. The van der Waals surface area contributed by atoms with Gasteiger partial charge in [-0.15, -0.1) is 0 Å². The highest BCUT2D eigenvalue weighted by Gasteiger charge is 2.29. The highest BCUT2D eigenvalue weighted by Crippen LogP contribution is 2.26. The molecule has 1 saturated heterocycles. The van der Waals surface area contributed by atoms with Crippen LogP contribution in [0.5, 0.6) is 0 Å². The van der Waals surface area contributed by atoms with Crippen molar-refractivity contribution in [2.75, 3.05) is 6.54 Å². The first-order valence-electron chi connectivity index (χ1n) is 9.86. The van der Waals surface area contributed by atoms with Crippen LogP contribution in [0.4, 0.5) is 0 Å². The van der Waals surface area contributed by atoms with Crippen LogP contribution in [0.1, 0.15) is 52.6 Å². The molecule has 150 valence electrons. The smallest absolute Gasteiger partial charge is 0.257 e. The van der Waals surface area contributed by atoms with Crippen molar-refractivity contribution in [3.8, 4) is 11.3 Å². The lowest BCUT2D eigenvalue weighted by Gasteiger charge is -2.24. The zero-order chi connectivity index (χ0) is 20.4. The van der Waals surface area contributed by atoms with Gasteiger partial charge in [-0.3, -0.25) is 14.8 Å². The molecule has 1 atom stereocenters. The van der Waals surface area contributed by atoms with E-state index in [1.54, 1.807) is 24.8 Å². The standard InChI is InChI=1S/C21H24N6O2/c1-13-20(14(2)29-26-13)19-12-24-17(11-25-19)6-7-18-5-4-8-27(18)21(28)16-9-22-15(3)23-10-16/h9-12,18H,4-8H2,1-3H3/t18-/m1/s1. The maximum absolute atomic E-state index is 12.8. The number of amides is 1. The normalized spacial score (nSPS) is 16.4. The Hall–Kier alpha value is -3.16. The van der Waals surface area contributed by atoms with Crippen LogP contribution >= 0.6 is 0 Å². The molecule has 3 aromatic rings. The van der Waals surface area contributed by atoms with E-state index < -0.39 is 0 Å². The second-order valence-corrected chi connectivity index (χ2v) is 7.44. The maximum Gasteiger partial charge on any atom is 0.257 e. The third-order valence-corrected chi connectivity index (χ3v) is 5.39. The Morgan fingerprint density at radius 2 is 1.90 bits per heavy atom. The summed E-state index contributed by atoms with van der Waals surface area (Å²) in [6.07, 6.45) is 10.4. The van der Waals surface area contributed by atoms with Crippen molar-refractivity contribution in [1.29, 1.82) is 0 Å². The summed E-state index contributed by atoms with van der Waals surface area (Å²) >= 11 is 0. The Labute approximate surface area is 169 Å². The first-order chi connectivity index (χ1) is 14.0. The van der Waals surface area contributed by atoms with E-state index in [1.807, 2.05) is 25.7 Å². The van der Waals surface area contributed by atoms with Crippen LogP contribution in [0.25, 0.3) is 11.3 Å². The third-order valence-electron chi connectivity index (χ3n) is 5.39. The molecule has 0 aliphatic carbocycles. The summed E-state index contributed by atoms with van der Waals surface area (Å²) in [6.45, 7) is 6.35. The fourth-order valence-corrected chi connectivity index (χ4v) is 3.85. The summed E-state index contributed by atoms with van der Waals surface area (Å²) in [5, 5.41) is 3.97. The molecule has 1 fully saturated rings. The van der Waals surface area contributed by atoms with Crippen LogP contribution in [0.3, 0.4) is 0 Å². The average molecular weight is 392 g/mol. The lowest BCUT2D eigenvalue weighted by molar-refractivity contribution is 0.0729. The van der Waals surface area contributed by atoms with Crippen molar-refractivity contribution in [3.63, 3.8) is 0 Å². The van der Waals surface area contributed by atoms with Crippen LogP contribution in [0.2, 0.25) is 0 Å². The van der Waals surface area contributed by atoms with Crippen molar-refractivity contribution < 1.29 is 9.32 Å². The molecular formula is C21H24N6O2. The van der Waals surface area contributed by atoms with Crippen LogP contribution in [-0.4, -0.2) is 48.5 Å². The molecule has 0 radical (unpaired) electrons. The number of rotatable bonds is 5. The number of hydrogen-bond donors (Lipinski definition) is 0. The topological polar surface area (TPSA) is 97.9 Å². The van der Waals surface area contributed by atoms with Crippen LogP contribution in [0.15, 0.2) is 29.3 Å². The van der Waals surface area contributed by atoms with Crippen LogP contribution in [-0.2, 0) is 6.42 Å². The SMILES string of the molecule is Cc1ncc(C(=O)N2CCC[C@@H]2CCc2cnc(-c3c(C)noc3C)cn2)cn1. The summed E-state index contributed by atoms with van der Waals surface area (Å²) in [7, 11) is 0. The van der Waals surface area contributed by atoms with E-state index in [4.69, 9.17) is 4.52 Å². The number of likely N-dealkylation sites (tertiary alicyclic amines) is 1. The van der Waals surface area contributed by atoms with E-state index in [2.05, 4.69) is 25.1 Å². The number of aryl methyl sites for hydroxylation is 4. The van der Waals surface area contributed by atoms with Gasteiger partial charge in [-0.05, 0) is 46.5 Å². The lowest BCUT2D eigenvalue weighted by Crippen LogP contribution is -2.36. The first-order valence-corrected chi connectivity index (χ1v) is 9.86. The Bertz CT molecular complexity index is 978. The molecule has 4 rings (SSSR count). The fourth-order valence-electron chi connectivity index (χ4n) is 3.85. The third kappa shape index (κ3) is 4.01. The summed E-state index contributed by atoms with van der Waals surface area (Å²) in [5.74, 6) is 1.41. The van der Waals surface area contributed by atoms with Crippen molar-refractivity contribution >= 4 is 5.91 Å². The number of carbonyl (C=O) groups is 1. The number of nitrogens with zero attached hydrogens (tertiary/aromatic N) is 6. The molecule has 0 spiro atoms. The predicted molar refractivity (Wildman–Crippen MR) is 106 cm³/mol. The van der Waals surface area contributed by atoms with E-state index in [0.717, 1.165) is 60.6 Å². The van der Waals surface area contributed by atoms with E-state index in [0.29, 0.717) is 11.4 Å². The predicted octanol–water partition coefficient (Wildman–Crippen LogP) is 3.08. The number of aromatic nitrogens is 5. The average Bonchev–Trinajstić information content (AvgIpc) is 3.33. The molecule has 0 bridgehead atoms. The quantitative estimate of drug-likeness (QED) is 0.658. The van der Waals surface area contributed by atoms with Gasteiger partial charge in [0.05, 0.1) is 34.4 Å². The molecule has 0 aromatic carbocycles. The molecule has 1 amide bonds. The van der Waals surface area contributed by atoms with Gasteiger partial charge in [-0.1, -0.05) is 5.16 Å². The highest BCUT2D eigenvalue weighted by atomic mass is 16.5. The van der Waals surface area contributed by atoms with Gasteiger partial charge < -0.3 is 9.42 Å². The molecule has 8 nitrogen and oxygen atoms in total. The van der Waals surface area contributed by atoms with Gasteiger partial charge in [0.1, 0.15) is 11.6 Å². The first kappa shape index (κ1) is 19.2. The molecular weight excluding hydrogens is 368 g/mol. The van der Waals surface area contributed by atoms with Crippen LogP contribution in [0, 0.1) is 20.8 Å². The minimum absolute atomic E-state index is 0.00680. The second kappa shape index (κ2) is 8.06. The monoisotopic (exact) mass is 392 g/mol. The molecule has 0 saturated carbocycles. The maximum atomic E-state index is 12.8. The molecule has 0 unspecified atom stereocenters. The number of hydrogen-bond acceptors (Lipinski definition) is 7. The van der Waals surface area contributed by atoms with Crippen molar-refractivity contribution in [3.05, 3.63) is 53.3 Å². The summed E-state index contributed by atoms with van der Waals surface area (Å²) < 4.78 is 5.21. The van der Waals surface area contributed by atoms with Gasteiger partial charge in [0.25, 0.3) is 5.91 Å². The minimum atomic E-state index is 0.00680. The summed E-state index contributed by atoms with van der Waals surface area (Å²) in [4.78, 5) is 32.2. The Morgan fingerprint density at radius 1 is 1.10 bits per heavy atom. The minimum Gasteiger partial charge on any atom is -0.361 e. The van der Waals surface area contributed by atoms with E-state index in [-0.39, 0.29) is 11.9 Å². The van der Waals surface area contributed by atoms with Crippen molar-refractivity contribution in [2.24, 2.45) is 0 Å². The summed E-state index contributed by atoms with van der Waals surface area (Å²) in [5.41, 5.74) is 3.94. The second-order valence-electron chi connectivity index (χ2n) is 7.44. The van der Waals surface area contributed by atoms with Crippen molar-refractivity contribution in [1.82, 2.24) is 30.0 Å². The molecule has 3 aromatic heterocycles. The molecule has 0 N–H and O–H groups in total. The van der Waals surface area contributed by atoms with Gasteiger partial charge in [0.2, 0.25) is 0 Å². The number of carbonyl (C=O) groups excluding carboxylic acids is 1. The largest absolute Gasteiger partial charge is 0.361 e. The molecule has 1 aliphatic rings. The van der Waals surface area contributed by atoms with Gasteiger partial charge >= 0.3 is 0 Å². The van der Waals surface area contributed by atoms with E-state index in [9.17, 15) is 4.79 Å². The Kier molecular flexibility index (Phi) is 5.33. The van der Waals surface area contributed by atoms with E-state index in [1.165, 1.54) is 0 Å². The molecule has 8 heteroatoms. The fraction of sp³-hybridized carbons (Fsp3) is 0.429. The summed E-state index contributed by atoms with van der Waals surface area (Å²) in [6, 6.07) is 0.202. The highest BCUT2D eigenvalue weighted by molar-refractivity contribution is 5.94. The van der Waals surface area contributed by atoms with Gasteiger partial charge in [-0.25, -0.2) is 9.97 Å². The van der Waals surface area contributed by atoms with Gasteiger partial charge in [0, 0.05) is 31.2 Å². The van der Waals surface area contributed by atoms with Gasteiger partial charge in [-0.2, -0.15) is 0 Å². The van der Waals surface area contributed by atoms with E-state index >= 15 is 0 Å². The van der Waals surface area contributed by atoms with Crippen LogP contribution < -0.4 is 0 Å². The zero-order valence-corrected chi connectivity index (χ0v) is 16.9. The Morgan fingerprint density at radius 3 is 2.55 bits per heavy atom. The Balaban J connectivity index is 1.40. The van der Waals surface area contributed by atoms with Gasteiger partial charge in [0.15, 0.2) is 0 Å². The van der Waals surface area contributed by atoms with Crippen molar-refractivity contribution in [2.45, 2.75) is 52.5 Å². The lowest BCUT2D eigenvalue weighted by atomic mass is 10.1. The molecule has 29 heavy (non-hydrogen) atoms. The molecule has 4 heterocycles.